The molecular formula is C18H20N2S. The van der Waals surface area contributed by atoms with Gasteiger partial charge in [0.25, 0.3) is 0 Å². The lowest BCUT2D eigenvalue weighted by Gasteiger charge is -2.25. The van der Waals surface area contributed by atoms with E-state index < -0.39 is 0 Å². The van der Waals surface area contributed by atoms with Gasteiger partial charge in [-0.05, 0) is 54.5 Å². The van der Waals surface area contributed by atoms with E-state index >= 15 is 0 Å². The van der Waals surface area contributed by atoms with Gasteiger partial charge in [-0.3, -0.25) is 0 Å². The largest absolute Gasteiger partial charge is 0.377 e. The van der Waals surface area contributed by atoms with E-state index in [1.165, 1.54) is 47.2 Å². The van der Waals surface area contributed by atoms with Crippen LogP contribution in [0.5, 0.6) is 0 Å². The van der Waals surface area contributed by atoms with Crippen LogP contribution >= 0.6 is 11.3 Å². The molecule has 1 atom stereocenters. The van der Waals surface area contributed by atoms with Gasteiger partial charge in [0.2, 0.25) is 0 Å². The van der Waals surface area contributed by atoms with Gasteiger partial charge >= 0.3 is 0 Å². The molecule has 2 heterocycles. The number of rotatable bonds is 4. The molecule has 1 aliphatic carbocycles. The van der Waals surface area contributed by atoms with Crippen molar-refractivity contribution in [1.29, 1.82) is 0 Å². The Hall–Kier alpha value is -1.74. The van der Waals surface area contributed by atoms with Crippen molar-refractivity contribution in [3.05, 3.63) is 52.9 Å². The highest BCUT2D eigenvalue weighted by Crippen LogP contribution is 2.39. The Morgan fingerprint density at radius 2 is 2.05 bits per heavy atom. The first-order valence-corrected chi connectivity index (χ1v) is 8.65. The van der Waals surface area contributed by atoms with E-state index in [0.29, 0.717) is 6.04 Å². The zero-order valence-electron chi connectivity index (χ0n) is 12.0. The first-order chi connectivity index (χ1) is 10.4. The first-order valence-electron chi connectivity index (χ1n) is 7.77. The summed E-state index contributed by atoms with van der Waals surface area (Å²) in [4.78, 5) is 4.73. The quantitative estimate of drug-likeness (QED) is 0.647. The second-order valence-corrected chi connectivity index (χ2v) is 6.94. The van der Waals surface area contributed by atoms with Gasteiger partial charge in [-0.25, -0.2) is 0 Å². The van der Waals surface area contributed by atoms with Crippen LogP contribution in [0.3, 0.4) is 0 Å². The summed E-state index contributed by atoms with van der Waals surface area (Å²) in [6, 6.07) is 13.6. The number of anilines is 1. The molecule has 1 saturated carbocycles. The standard InChI is InChI=1S/C18H20N2S/c1-2-5-13(4-1)18(17-6-3-11-21-17)20-15-7-8-16-14(12-15)9-10-19-16/h3,6-13,18-20H,1-2,4-5H2. The minimum absolute atomic E-state index is 0.462. The van der Waals surface area contributed by atoms with Crippen molar-refractivity contribution < 1.29 is 0 Å². The maximum atomic E-state index is 3.80. The number of nitrogens with one attached hydrogen (secondary N) is 2. The van der Waals surface area contributed by atoms with Gasteiger partial charge in [0.1, 0.15) is 0 Å². The molecule has 2 N–H and O–H groups in total. The van der Waals surface area contributed by atoms with E-state index in [1.54, 1.807) is 0 Å². The number of hydrogen-bond donors (Lipinski definition) is 2. The fraction of sp³-hybridized carbons (Fsp3) is 0.333. The molecule has 2 aromatic heterocycles. The molecule has 2 nitrogen and oxygen atoms in total. The second-order valence-electron chi connectivity index (χ2n) is 5.96. The van der Waals surface area contributed by atoms with Gasteiger partial charge in [-0.2, -0.15) is 0 Å². The molecule has 0 spiro atoms. The van der Waals surface area contributed by atoms with Crippen molar-refractivity contribution >= 4 is 27.9 Å². The summed E-state index contributed by atoms with van der Waals surface area (Å²) in [5.41, 5.74) is 2.43. The van der Waals surface area contributed by atoms with E-state index in [0.717, 1.165) is 5.92 Å². The van der Waals surface area contributed by atoms with Gasteiger partial charge in [-0.15, -0.1) is 11.3 Å². The van der Waals surface area contributed by atoms with Crippen molar-refractivity contribution in [3.63, 3.8) is 0 Å². The lowest BCUT2D eigenvalue weighted by Crippen LogP contribution is -2.17. The Bertz CT molecular complexity index is 708. The average Bonchev–Trinajstić information content (AvgIpc) is 3.24. The number of aromatic amines is 1. The third-order valence-electron chi connectivity index (χ3n) is 4.60. The summed E-state index contributed by atoms with van der Waals surface area (Å²) < 4.78 is 0. The van der Waals surface area contributed by atoms with E-state index in [2.05, 4.69) is 52.1 Å². The van der Waals surface area contributed by atoms with Crippen molar-refractivity contribution in [1.82, 2.24) is 4.98 Å². The molecule has 0 aliphatic heterocycles. The molecule has 0 bridgehead atoms. The van der Waals surface area contributed by atoms with Crippen molar-refractivity contribution in [2.24, 2.45) is 5.92 Å². The number of benzene rings is 1. The Morgan fingerprint density at radius 3 is 2.86 bits per heavy atom. The molecule has 1 aliphatic rings. The monoisotopic (exact) mass is 296 g/mol. The van der Waals surface area contributed by atoms with Crippen LogP contribution in [-0.2, 0) is 0 Å². The summed E-state index contributed by atoms with van der Waals surface area (Å²) >= 11 is 1.87. The molecule has 3 aromatic rings. The van der Waals surface area contributed by atoms with E-state index in [1.807, 2.05) is 17.5 Å². The first kappa shape index (κ1) is 13.0. The SMILES string of the molecule is c1csc(C(Nc2ccc3[nH]ccc3c2)C2CCCC2)c1. The summed E-state index contributed by atoms with van der Waals surface area (Å²) in [5.74, 6) is 0.769. The number of aromatic nitrogens is 1. The minimum atomic E-state index is 0.462. The van der Waals surface area contributed by atoms with Crippen LogP contribution in [0.2, 0.25) is 0 Å². The van der Waals surface area contributed by atoms with Crippen LogP contribution in [-0.4, -0.2) is 4.98 Å². The molecule has 1 fully saturated rings. The fourth-order valence-corrected chi connectivity index (χ4v) is 4.37. The van der Waals surface area contributed by atoms with Crippen LogP contribution in [0.25, 0.3) is 10.9 Å². The highest BCUT2D eigenvalue weighted by atomic mass is 32.1. The number of H-pyrrole nitrogens is 1. The molecule has 0 saturated heterocycles. The predicted octanol–water partition coefficient (Wildman–Crippen LogP) is 5.57. The second kappa shape index (κ2) is 5.57. The van der Waals surface area contributed by atoms with E-state index in [4.69, 9.17) is 0 Å². The Balaban J connectivity index is 1.63. The lowest BCUT2D eigenvalue weighted by atomic mass is 9.96. The van der Waals surface area contributed by atoms with Crippen molar-refractivity contribution in [2.45, 2.75) is 31.7 Å². The van der Waals surface area contributed by atoms with Crippen LogP contribution in [0.4, 0.5) is 5.69 Å². The summed E-state index contributed by atoms with van der Waals surface area (Å²) in [7, 11) is 0. The average molecular weight is 296 g/mol. The maximum Gasteiger partial charge on any atom is 0.0634 e. The van der Waals surface area contributed by atoms with Crippen LogP contribution in [0.15, 0.2) is 48.0 Å². The molecule has 21 heavy (non-hydrogen) atoms. The van der Waals surface area contributed by atoms with Gasteiger partial charge in [0.05, 0.1) is 6.04 Å². The summed E-state index contributed by atoms with van der Waals surface area (Å²) in [6.07, 6.45) is 7.46. The zero-order valence-corrected chi connectivity index (χ0v) is 12.8. The van der Waals surface area contributed by atoms with E-state index in [9.17, 15) is 0 Å². The topological polar surface area (TPSA) is 27.8 Å². The van der Waals surface area contributed by atoms with Crippen LogP contribution in [0, 0.1) is 5.92 Å². The summed E-state index contributed by atoms with van der Waals surface area (Å²) in [6.45, 7) is 0. The smallest absolute Gasteiger partial charge is 0.0634 e. The minimum Gasteiger partial charge on any atom is -0.377 e. The third kappa shape index (κ3) is 2.58. The number of fused-ring (bicyclic) bond motifs is 1. The van der Waals surface area contributed by atoms with Crippen molar-refractivity contribution in [3.8, 4) is 0 Å². The van der Waals surface area contributed by atoms with Gasteiger partial charge in [-0.1, -0.05) is 18.9 Å². The maximum absolute atomic E-state index is 3.80. The summed E-state index contributed by atoms with van der Waals surface area (Å²) in [5, 5.41) is 7.27. The number of thiophene rings is 1. The highest BCUT2D eigenvalue weighted by molar-refractivity contribution is 7.10. The molecule has 0 amide bonds. The molecule has 1 aromatic carbocycles. The van der Waals surface area contributed by atoms with Crippen LogP contribution in [0.1, 0.15) is 36.6 Å². The van der Waals surface area contributed by atoms with Crippen molar-refractivity contribution in [2.75, 3.05) is 5.32 Å². The van der Waals surface area contributed by atoms with Gasteiger partial charge in [0.15, 0.2) is 0 Å². The Morgan fingerprint density at radius 1 is 1.14 bits per heavy atom. The zero-order chi connectivity index (χ0) is 14.1. The lowest BCUT2D eigenvalue weighted by molar-refractivity contribution is 0.475. The molecule has 1 unspecified atom stereocenters. The Labute approximate surface area is 129 Å². The predicted molar refractivity (Wildman–Crippen MR) is 90.9 cm³/mol. The van der Waals surface area contributed by atoms with Gasteiger partial charge < -0.3 is 10.3 Å². The normalized spacial score (nSPS) is 17.3. The Kier molecular flexibility index (Phi) is 3.44. The van der Waals surface area contributed by atoms with E-state index in [-0.39, 0.29) is 0 Å². The molecule has 3 heteroatoms. The number of hydrogen-bond acceptors (Lipinski definition) is 2. The highest BCUT2D eigenvalue weighted by Gasteiger charge is 2.27. The van der Waals surface area contributed by atoms with Crippen LogP contribution < -0.4 is 5.32 Å². The van der Waals surface area contributed by atoms with Gasteiger partial charge in [0, 0.05) is 27.7 Å². The third-order valence-corrected chi connectivity index (χ3v) is 5.55. The molecule has 108 valence electrons. The molecule has 0 radical (unpaired) electrons. The molecule has 4 rings (SSSR count). The molecular weight excluding hydrogens is 276 g/mol. The fourth-order valence-electron chi connectivity index (χ4n) is 3.50.